The molecule has 0 aliphatic heterocycles. The highest BCUT2D eigenvalue weighted by Crippen LogP contribution is 2.25. The minimum Gasteiger partial charge on any atom is -0.497 e. The molecule has 0 aromatic heterocycles. The second-order valence-corrected chi connectivity index (χ2v) is 4.43. The summed E-state index contributed by atoms with van der Waals surface area (Å²) in [5.41, 5.74) is 7.07. The van der Waals surface area contributed by atoms with Gasteiger partial charge in [0.1, 0.15) is 5.75 Å². The van der Waals surface area contributed by atoms with Crippen molar-refractivity contribution in [3.63, 3.8) is 0 Å². The fourth-order valence-corrected chi connectivity index (χ4v) is 1.73. The van der Waals surface area contributed by atoms with E-state index >= 15 is 0 Å². The Balaban J connectivity index is 3.06. The van der Waals surface area contributed by atoms with Crippen LogP contribution in [0.2, 0.25) is 0 Å². The molecule has 0 spiro atoms. The monoisotopic (exact) mass is 267 g/mol. The third kappa shape index (κ3) is 4.03. The second kappa shape index (κ2) is 6.84. The number of hydrogen-bond donors (Lipinski definition) is 3. The number of methoxy groups -OCH3 is 1. The first-order valence-electron chi connectivity index (χ1n) is 6.04. The maximum absolute atomic E-state index is 9.33. The number of amidine groups is 1. The summed E-state index contributed by atoms with van der Waals surface area (Å²) in [7, 11) is 3.46. The molecule has 1 rings (SSSR count). The Morgan fingerprint density at radius 3 is 2.74 bits per heavy atom. The molecule has 0 radical (unpaired) electrons. The van der Waals surface area contributed by atoms with Gasteiger partial charge in [-0.3, -0.25) is 0 Å². The molecule has 4 N–H and O–H groups in total. The van der Waals surface area contributed by atoms with Gasteiger partial charge in [0.25, 0.3) is 0 Å². The van der Waals surface area contributed by atoms with Crippen molar-refractivity contribution in [2.75, 3.05) is 25.6 Å². The third-order valence-electron chi connectivity index (χ3n) is 2.88. The highest BCUT2D eigenvalue weighted by Gasteiger charge is 2.13. The number of rotatable bonds is 6. The number of nitrogens with zero attached hydrogens (tertiary/aromatic N) is 2. The van der Waals surface area contributed by atoms with Crippen LogP contribution in [0.25, 0.3) is 0 Å². The molecule has 1 atom stereocenters. The van der Waals surface area contributed by atoms with E-state index in [9.17, 15) is 5.11 Å². The molecule has 0 aliphatic rings. The van der Waals surface area contributed by atoms with Crippen molar-refractivity contribution in [1.82, 2.24) is 0 Å². The van der Waals surface area contributed by atoms with E-state index in [0.717, 1.165) is 5.69 Å². The lowest BCUT2D eigenvalue weighted by Crippen LogP contribution is -2.25. The summed E-state index contributed by atoms with van der Waals surface area (Å²) in [6.45, 7) is 2.39. The zero-order chi connectivity index (χ0) is 14.4. The molecular weight excluding hydrogens is 246 g/mol. The Labute approximate surface area is 113 Å². The van der Waals surface area contributed by atoms with Gasteiger partial charge in [0.2, 0.25) is 0 Å². The van der Waals surface area contributed by atoms with Gasteiger partial charge >= 0.3 is 0 Å². The normalized spacial score (nSPS) is 13.2. The zero-order valence-corrected chi connectivity index (χ0v) is 11.5. The molecule has 0 fully saturated rings. The summed E-state index contributed by atoms with van der Waals surface area (Å²) >= 11 is 0. The fourth-order valence-electron chi connectivity index (χ4n) is 1.73. The minimum atomic E-state index is -0.375. The third-order valence-corrected chi connectivity index (χ3v) is 2.88. The van der Waals surface area contributed by atoms with Crippen molar-refractivity contribution in [3.05, 3.63) is 23.8 Å². The van der Waals surface area contributed by atoms with Crippen molar-refractivity contribution in [2.45, 2.75) is 19.4 Å². The number of benzene rings is 1. The van der Waals surface area contributed by atoms with Gasteiger partial charge in [-0.25, -0.2) is 0 Å². The van der Waals surface area contributed by atoms with E-state index in [4.69, 9.17) is 15.7 Å². The lowest BCUT2D eigenvalue weighted by atomic mass is 10.1. The van der Waals surface area contributed by atoms with Gasteiger partial charge < -0.3 is 25.7 Å². The maximum Gasteiger partial charge on any atom is 0.172 e. The lowest BCUT2D eigenvalue weighted by Gasteiger charge is -2.23. The number of aliphatic hydroxyl groups excluding tert-OH is 1. The van der Waals surface area contributed by atoms with Crippen molar-refractivity contribution in [2.24, 2.45) is 10.9 Å². The van der Waals surface area contributed by atoms with Crippen molar-refractivity contribution >= 4 is 11.5 Å². The molecule has 0 bridgehead atoms. The van der Waals surface area contributed by atoms with Crippen molar-refractivity contribution in [1.29, 1.82) is 0 Å². The highest BCUT2D eigenvalue weighted by atomic mass is 16.5. The number of ether oxygens (including phenoxy) is 1. The van der Waals surface area contributed by atoms with Crippen molar-refractivity contribution < 1.29 is 15.1 Å². The summed E-state index contributed by atoms with van der Waals surface area (Å²) in [6.07, 6.45) is 0.254. The van der Waals surface area contributed by atoms with Crippen LogP contribution in [0.4, 0.5) is 5.69 Å². The zero-order valence-electron chi connectivity index (χ0n) is 11.5. The molecule has 6 heteroatoms. The van der Waals surface area contributed by atoms with E-state index in [1.807, 2.05) is 18.0 Å². The Morgan fingerprint density at radius 1 is 1.53 bits per heavy atom. The number of nitrogens with two attached hydrogens (primary N) is 1. The van der Waals surface area contributed by atoms with Gasteiger partial charge in [-0.15, -0.1) is 0 Å². The predicted octanol–water partition coefficient (Wildman–Crippen LogP) is 0.997. The largest absolute Gasteiger partial charge is 0.497 e. The van der Waals surface area contributed by atoms with Crippen LogP contribution in [0.5, 0.6) is 5.75 Å². The molecule has 0 saturated carbocycles. The van der Waals surface area contributed by atoms with Gasteiger partial charge in [0, 0.05) is 25.2 Å². The molecule has 6 nitrogen and oxygen atoms in total. The van der Waals surface area contributed by atoms with Crippen LogP contribution in [0.1, 0.15) is 18.9 Å². The van der Waals surface area contributed by atoms with Crippen LogP contribution in [0.15, 0.2) is 23.4 Å². The van der Waals surface area contributed by atoms with Crippen LogP contribution >= 0.6 is 0 Å². The SMILES string of the molecule is COc1ccc(/C(N)=N/O)c(N(C)CCC(C)O)c1. The van der Waals surface area contributed by atoms with Crippen LogP contribution in [0, 0.1) is 0 Å². The van der Waals surface area contributed by atoms with E-state index < -0.39 is 0 Å². The van der Waals surface area contributed by atoms with Gasteiger partial charge in [0.05, 0.1) is 18.9 Å². The van der Waals surface area contributed by atoms with Crippen LogP contribution in [0.3, 0.4) is 0 Å². The summed E-state index contributed by atoms with van der Waals surface area (Å²) in [6, 6.07) is 5.30. The first-order chi connectivity index (χ1) is 8.99. The van der Waals surface area contributed by atoms with E-state index in [1.165, 1.54) is 0 Å². The molecule has 0 saturated heterocycles. The molecule has 0 heterocycles. The average Bonchev–Trinajstić information content (AvgIpc) is 2.43. The lowest BCUT2D eigenvalue weighted by molar-refractivity contribution is 0.187. The molecule has 106 valence electrons. The Bertz CT molecular complexity index is 447. The number of oxime groups is 1. The molecule has 1 unspecified atom stereocenters. The molecule has 0 aliphatic carbocycles. The van der Waals surface area contributed by atoms with E-state index in [-0.39, 0.29) is 11.9 Å². The van der Waals surface area contributed by atoms with Gasteiger partial charge in [-0.05, 0) is 25.5 Å². The van der Waals surface area contributed by atoms with Crippen LogP contribution < -0.4 is 15.4 Å². The molecule has 1 aromatic rings. The highest BCUT2D eigenvalue weighted by molar-refractivity contribution is 6.02. The van der Waals surface area contributed by atoms with Crippen LogP contribution in [-0.4, -0.2) is 43.0 Å². The van der Waals surface area contributed by atoms with Gasteiger partial charge in [-0.2, -0.15) is 0 Å². The summed E-state index contributed by atoms with van der Waals surface area (Å²) < 4.78 is 5.18. The number of aliphatic hydroxyl groups is 1. The second-order valence-electron chi connectivity index (χ2n) is 4.43. The minimum absolute atomic E-state index is 0.0431. The Kier molecular flexibility index (Phi) is 5.44. The summed E-state index contributed by atoms with van der Waals surface area (Å²) in [5.74, 6) is 0.731. The average molecular weight is 267 g/mol. The first-order valence-corrected chi connectivity index (χ1v) is 6.04. The molecule has 1 aromatic carbocycles. The predicted molar refractivity (Wildman–Crippen MR) is 75.1 cm³/mol. The smallest absolute Gasteiger partial charge is 0.172 e. The first kappa shape index (κ1) is 15.1. The van der Waals surface area contributed by atoms with E-state index in [0.29, 0.717) is 24.3 Å². The van der Waals surface area contributed by atoms with Crippen molar-refractivity contribution in [3.8, 4) is 5.75 Å². The number of anilines is 1. The van der Waals surface area contributed by atoms with Gasteiger partial charge in [-0.1, -0.05) is 5.16 Å². The van der Waals surface area contributed by atoms with Crippen LogP contribution in [-0.2, 0) is 0 Å². The summed E-state index contributed by atoms with van der Waals surface area (Å²) in [5, 5.41) is 21.2. The van der Waals surface area contributed by atoms with E-state index in [2.05, 4.69) is 5.16 Å². The summed E-state index contributed by atoms with van der Waals surface area (Å²) in [4.78, 5) is 1.93. The van der Waals surface area contributed by atoms with Gasteiger partial charge in [0.15, 0.2) is 5.84 Å². The molecule has 0 amide bonds. The molecule has 19 heavy (non-hydrogen) atoms. The standard InChI is InChI=1S/C13H21N3O3/c1-9(17)6-7-16(2)12-8-10(19-3)4-5-11(12)13(14)15-18/h4-5,8-9,17-18H,6-7H2,1-3H3,(H2,14,15). The van der Waals surface area contributed by atoms with E-state index in [1.54, 1.807) is 26.2 Å². The maximum atomic E-state index is 9.33. The molecular formula is C13H21N3O3. The topological polar surface area (TPSA) is 91.3 Å². The fraction of sp³-hybridized carbons (Fsp3) is 0.462. The Hall–Kier alpha value is -1.95. The number of hydrogen-bond acceptors (Lipinski definition) is 5. The Morgan fingerprint density at radius 2 is 2.21 bits per heavy atom. The quantitative estimate of drug-likeness (QED) is 0.309.